The minimum atomic E-state index is -0.386. The molecule has 1 saturated carbocycles. The predicted octanol–water partition coefficient (Wildman–Crippen LogP) is 1.12. The molecule has 2 aliphatic rings. The van der Waals surface area contributed by atoms with Crippen molar-refractivity contribution in [2.75, 3.05) is 0 Å². The fourth-order valence-electron chi connectivity index (χ4n) is 3.00. The average molecular weight is 222 g/mol. The number of hydrogen-bond acceptors (Lipinski definition) is 4. The number of hydrogen-bond donors (Lipinski definition) is 1. The van der Waals surface area contributed by atoms with Crippen LogP contribution in [-0.2, 0) is 5.41 Å². The summed E-state index contributed by atoms with van der Waals surface area (Å²) in [5, 5.41) is 9.66. The van der Waals surface area contributed by atoms with E-state index in [1.807, 2.05) is 6.92 Å². The van der Waals surface area contributed by atoms with Crippen molar-refractivity contribution in [2.24, 2.45) is 0 Å². The van der Waals surface area contributed by atoms with Crippen molar-refractivity contribution in [1.29, 1.82) is 0 Å². The molecule has 0 aromatic carbocycles. The normalized spacial score (nSPS) is 35.7. The highest BCUT2D eigenvalue weighted by Gasteiger charge is 2.54. The third-order valence-corrected chi connectivity index (χ3v) is 3.74. The molecule has 1 aliphatic heterocycles. The van der Waals surface area contributed by atoms with Gasteiger partial charge in [0.2, 0.25) is 0 Å². The topological polar surface area (TPSA) is 59.7 Å². The van der Waals surface area contributed by atoms with E-state index >= 15 is 0 Å². The van der Waals surface area contributed by atoms with Gasteiger partial charge in [-0.05, 0) is 13.3 Å². The maximum absolute atomic E-state index is 11.9. The molecule has 2 heterocycles. The first kappa shape index (κ1) is 9.90. The Hall–Kier alpha value is -1.29. The molecule has 0 saturated heterocycles. The van der Waals surface area contributed by atoms with Gasteiger partial charge in [0.05, 0.1) is 11.7 Å². The van der Waals surface area contributed by atoms with Gasteiger partial charge in [-0.1, -0.05) is 6.92 Å². The molecular formula is C12H14O4. The standard InChI is InChI=1S/C12H14O4/c1-6-3-8-10(11(14)15-6)12(2)5-7(13)4-9(12)16-8/h3,7,9,13H,4-5H2,1-2H3/t7-,9-,12+/m1/s1. The van der Waals surface area contributed by atoms with E-state index in [9.17, 15) is 9.90 Å². The summed E-state index contributed by atoms with van der Waals surface area (Å²) in [7, 11) is 0. The summed E-state index contributed by atoms with van der Waals surface area (Å²) in [4.78, 5) is 11.9. The molecule has 86 valence electrons. The van der Waals surface area contributed by atoms with E-state index in [4.69, 9.17) is 9.15 Å². The van der Waals surface area contributed by atoms with Gasteiger partial charge in [-0.2, -0.15) is 0 Å². The van der Waals surface area contributed by atoms with Crippen LogP contribution in [0.25, 0.3) is 0 Å². The number of rotatable bonds is 0. The molecule has 4 heteroatoms. The number of fused-ring (bicyclic) bond motifs is 3. The lowest BCUT2D eigenvalue weighted by atomic mass is 9.81. The Morgan fingerprint density at radius 3 is 3.06 bits per heavy atom. The Morgan fingerprint density at radius 1 is 1.56 bits per heavy atom. The SMILES string of the molecule is Cc1cc2c(c(=O)o1)[C@@]1(C)C[C@H](O)C[C@H]1O2. The maximum Gasteiger partial charge on any atom is 0.343 e. The third-order valence-electron chi connectivity index (χ3n) is 3.74. The van der Waals surface area contributed by atoms with Crippen LogP contribution in [-0.4, -0.2) is 17.3 Å². The molecule has 3 rings (SSSR count). The summed E-state index contributed by atoms with van der Waals surface area (Å²) in [5.74, 6) is 1.20. The highest BCUT2D eigenvalue weighted by molar-refractivity contribution is 5.44. The minimum Gasteiger partial charge on any atom is -0.489 e. The molecule has 1 aromatic heterocycles. The molecule has 0 unspecified atom stereocenters. The molecule has 16 heavy (non-hydrogen) atoms. The zero-order chi connectivity index (χ0) is 11.5. The van der Waals surface area contributed by atoms with E-state index in [0.717, 1.165) is 0 Å². The van der Waals surface area contributed by atoms with E-state index in [0.29, 0.717) is 29.9 Å². The summed E-state index contributed by atoms with van der Waals surface area (Å²) in [6, 6.07) is 1.76. The number of aryl methyl sites for hydroxylation is 1. The molecule has 3 atom stereocenters. The monoisotopic (exact) mass is 222 g/mol. The Morgan fingerprint density at radius 2 is 2.31 bits per heavy atom. The van der Waals surface area contributed by atoms with Crippen molar-refractivity contribution in [3.8, 4) is 5.75 Å². The molecule has 1 aromatic rings. The molecule has 0 spiro atoms. The molecular weight excluding hydrogens is 208 g/mol. The summed E-state index contributed by atoms with van der Waals surface area (Å²) < 4.78 is 10.9. The third kappa shape index (κ3) is 1.11. The smallest absolute Gasteiger partial charge is 0.343 e. The van der Waals surface area contributed by atoms with Crippen LogP contribution in [0.2, 0.25) is 0 Å². The molecule has 1 fully saturated rings. The van der Waals surface area contributed by atoms with E-state index in [1.54, 1.807) is 13.0 Å². The van der Waals surface area contributed by atoms with Crippen LogP contribution in [0.5, 0.6) is 5.75 Å². The minimum absolute atomic E-state index is 0.0952. The van der Waals surface area contributed by atoms with Crippen molar-refractivity contribution in [1.82, 2.24) is 0 Å². The molecule has 0 amide bonds. The maximum atomic E-state index is 11.9. The van der Waals surface area contributed by atoms with Crippen molar-refractivity contribution in [3.63, 3.8) is 0 Å². The van der Waals surface area contributed by atoms with E-state index in [-0.39, 0.29) is 23.2 Å². The largest absolute Gasteiger partial charge is 0.489 e. The van der Waals surface area contributed by atoms with Gasteiger partial charge in [0.15, 0.2) is 0 Å². The van der Waals surface area contributed by atoms with Crippen LogP contribution >= 0.6 is 0 Å². The van der Waals surface area contributed by atoms with Crippen molar-refractivity contribution in [3.05, 3.63) is 27.8 Å². The first-order valence-electron chi connectivity index (χ1n) is 5.50. The predicted molar refractivity (Wildman–Crippen MR) is 56.7 cm³/mol. The Labute approximate surface area is 92.8 Å². The second kappa shape index (κ2) is 2.88. The van der Waals surface area contributed by atoms with Crippen LogP contribution in [0, 0.1) is 6.92 Å². The van der Waals surface area contributed by atoms with Gasteiger partial charge in [0.1, 0.15) is 17.6 Å². The average Bonchev–Trinajstić information content (AvgIpc) is 2.52. The second-order valence-electron chi connectivity index (χ2n) is 5.00. The van der Waals surface area contributed by atoms with Crippen LogP contribution in [0.1, 0.15) is 31.1 Å². The summed E-state index contributed by atoms with van der Waals surface area (Å²) in [6.07, 6.45) is 0.674. The fourth-order valence-corrected chi connectivity index (χ4v) is 3.00. The van der Waals surface area contributed by atoms with Gasteiger partial charge in [-0.3, -0.25) is 0 Å². The van der Waals surface area contributed by atoms with Gasteiger partial charge in [0, 0.05) is 17.9 Å². The zero-order valence-electron chi connectivity index (χ0n) is 9.32. The molecule has 1 aliphatic carbocycles. The Balaban J connectivity index is 2.21. The van der Waals surface area contributed by atoms with Gasteiger partial charge in [0.25, 0.3) is 0 Å². The summed E-state index contributed by atoms with van der Waals surface area (Å²) in [5.41, 5.74) is -0.114. The van der Waals surface area contributed by atoms with E-state index < -0.39 is 0 Å². The molecule has 0 bridgehead atoms. The van der Waals surface area contributed by atoms with Gasteiger partial charge >= 0.3 is 5.63 Å². The van der Waals surface area contributed by atoms with E-state index in [1.165, 1.54) is 0 Å². The first-order chi connectivity index (χ1) is 7.50. The molecule has 4 nitrogen and oxygen atoms in total. The van der Waals surface area contributed by atoms with Crippen LogP contribution in [0.3, 0.4) is 0 Å². The quantitative estimate of drug-likeness (QED) is 0.714. The van der Waals surface area contributed by atoms with E-state index in [2.05, 4.69) is 0 Å². The highest BCUT2D eigenvalue weighted by Crippen LogP contribution is 2.50. The van der Waals surface area contributed by atoms with Gasteiger partial charge < -0.3 is 14.3 Å². The lowest BCUT2D eigenvalue weighted by molar-refractivity contribution is 0.150. The Kier molecular flexibility index (Phi) is 1.79. The number of aliphatic hydroxyl groups is 1. The van der Waals surface area contributed by atoms with Crippen LogP contribution in [0.15, 0.2) is 15.3 Å². The zero-order valence-corrected chi connectivity index (χ0v) is 9.32. The summed E-state index contributed by atoms with van der Waals surface area (Å²) in [6.45, 7) is 3.70. The lowest BCUT2D eigenvalue weighted by Gasteiger charge is -2.20. The van der Waals surface area contributed by atoms with Gasteiger partial charge in [-0.15, -0.1) is 0 Å². The highest BCUT2D eigenvalue weighted by atomic mass is 16.5. The molecule has 0 radical (unpaired) electrons. The van der Waals surface area contributed by atoms with Crippen molar-refractivity contribution >= 4 is 0 Å². The summed E-state index contributed by atoms with van der Waals surface area (Å²) >= 11 is 0. The van der Waals surface area contributed by atoms with Crippen LogP contribution in [0.4, 0.5) is 0 Å². The molecule has 1 N–H and O–H groups in total. The number of aliphatic hydroxyl groups excluding tert-OH is 1. The first-order valence-corrected chi connectivity index (χ1v) is 5.50. The number of ether oxygens (including phenoxy) is 1. The lowest BCUT2D eigenvalue weighted by Crippen LogP contribution is -2.32. The second-order valence-corrected chi connectivity index (χ2v) is 5.00. The van der Waals surface area contributed by atoms with Gasteiger partial charge in [-0.25, -0.2) is 4.79 Å². The Bertz CT molecular complexity index is 504. The van der Waals surface area contributed by atoms with Crippen molar-refractivity contribution in [2.45, 2.75) is 44.3 Å². The van der Waals surface area contributed by atoms with Crippen LogP contribution < -0.4 is 10.4 Å². The van der Waals surface area contributed by atoms with Crippen molar-refractivity contribution < 1.29 is 14.3 Å². The fraction of sp³-hybridized carbons (Fsp3) is 0.583.